The number of hydrogen-bond acceptors (Lipinski definition) is 2. The number of carbonyl (C=O) groups is 1. The van der Waals surface area contributed by atoms with Crippen LogP contribution < -0.4 is 0 Å². The summed E-state index contributed by atoms with van der Waals surface area (Å²) in [6, 6.07) is 14.9. The lowest BCUT2D eigenvalue weighted by Gasteiger charge is -1.98. The van der Waals surface area contributed by atoms with Crippen molar-refractivity contribution >= 4 is 12.0 Å². The molecule has 0 unspecified atom stereocenters. The predicted octanol–water partition coefficient (Wildman–Crippen LogP) is 2.78. The van der Waals surface area contributed by atoms with Crippen molar-refractivity contribution in [2.24, 2.45) is 0 Å². The average molecular weight is 223 g/mol. The number of carboxylic acid groups (broad SMARTS) is 1. The molecule has 0 spiro atoms. The molecule has 0 bridgehead atoms. The number of nitriles is 1. The molecule has 0 radical (unpaired) electrons. The first-order valence-electron chi connectivity index (χ1n) is 5.05. The van der Waals surface area contributed by atoms with Crippen molar-refractivity contribution in [3.63, 3.8) is 0 Å². The Hall–Kier alpha value is -2.60. The first-order valence-corrected chi connectivity index (χ1v) is 5.05. The van der Waals surface area contributed by atoms with Crippen molar-refractivity contribution in [3.8, 4) is 17.2 Å². The standard InChI is InChI=1S/C14H9NO2/c15-9-12(14(16)17)8-11-5-2-1-4-10-6-3-7-13(10)11/h1-8H,(H,16,17). The molecule has 0 aromatic heterocycles. The van der Waals surface area contributed by atoms with Crippen LogP contribution in [0.4, 0.5) is 0 Å². The van der Waals surface area contributed by atoms with Gasteiger partial charge < -0.3 is 5.11 Å². The Labute approximate surface area is 98.6 Å². The van der Waals surface area contributed by atoms with Crippen LogP contribution in [0.1, 0.15) is 5.56 Å². The lowest BCUT2D eigenvalue weighted by atomic mass is 10.1. The number of fused-ring (bicyclic) bond motifs is 1. The van der Waals surface area contributed by atoms with Gasteiger partial charge in [-0.1, -0.05) is 42.5 Å². The minimum absolute atomic E-state index is 0.265. The zero-order valence-electron chi connectivity index (χ0n) is 8.92. The fourth-order valence-corrected chi connectivity index (χ4v) is 1.67. The molecule has 0 aliphatic heterocycles. The first-order chi connectivity index (χ1) is 8.22. The minimum Gasteiger partial charge on any atom is -0.477 e. The van der Waals surface area contributed by atoms with Gasteiger partial charge in [-0.3, -0.25) is 0 Å². The number of aliphatic carboxylic acids is 1. The maximum Gasteiger partial charge on any atom is 0.346 e. The summed E-state index contributed by atoms with van der Waals surface area (Å²) in [5, 5.41) is 17.6. The SMILES string of the molecule is N#CC(=Cc1ccccc2cccc1-2)C(=O)O. The summed E-state index contributed by atoms with van der Waals surface area (Å²) in [5.41, 5.74) is 2.42. The summed E-state index contributed by atoms with van der Waals surface area (Å²) in [5.74, 6) is -1.21. The second kappa shape index (κ2) is 4.50. The summed E-state index contributed by atoms with van der Waals surface area (Å²) in [7, 11) is 0. The Morgan fingerprint density at radius 2 is 1.88 bits per heavy atom. The molecule has 0 atom stereocenters. The number of hydrogen-bond donors (Lipinski definition) is 1. The van der Waals surface area contributed by atoms with Gasteiger partial charge in [0.05, 0.1) is 0 Å². The average Bonchev–Trinajstić information content (AvgIpc) is 2.69. The van der Waals surface area contributed by atoms with E-state index in [0.717, 1.165) is 16.7 Å². The highest BCUT2D eigenvalue weighted by atomic mass is 16.4. The van der Waals surface area contributed by atoms with Crippen LogP contribution in [0.5, 0.6) is 0 Å². The highest BCUT2D eigenvalue weighted by Gasteiger charge is 2.09. The first kappa shape index (κ1) is 10.9. The quantitative estimate of drug-likeness (QED) is 0.629. The molecule has 0 saturated heterocycles. The van der Waals surface area contributed by atoms with Gasteiger partial charge in [0.15, 0.2) is 0 Å². The van der Waals surface area contributed by atoms with E-state index in [9.17, 15) is 4.79 Å². The highest BCUT2D eigenvalue weighted by Crippen LogP contribution is 2.27. The van der Waals surface area contributed by atoms with E-state index in [2.05, 4.69) is 0 Å². The Morgan fingerprint density at radius 1 is 1.18 bits per heavy atom. The molecule has 2 aliphatic rings. The molecular formula is C14H9NO2. The predicted molar refractivity (Wildman–Crippen MR) is 64.3 cm³/mol. The van der Waals surface area contributed by atoms with E-state index in [4.69, 9.17) is 10.4 Å². The third kappa shape index (κ3) is 2.16. The molecule has 1 N–H and O–H groups in total. The third-order valence-electron chi connectivity index (χ3n) is 2.47. The molecule has 82 valence electrons. The van der Waals surface area contributed by atoms with Crippen LogP contribution in [0, 0.1) is 11.3 Å². The van der Waals surface area contributed by atoms with Gasteiger partial charge in [-0.25, -0.2) is 4.79 Å². The molecule has 0 fully saturated rings. The second-order valence-electron chi connectivity index (χ2n) is 3.54. The molecule has 0 aromatic carbocycles. The monoisotopic (exact) mass is 223 g/mol. The molecule has 0 amide bonds. The normalized spacial score (nSPS) is 11.1. The van der Waals surface area contributed by atoms with Gasteiger partial charge in [0, 0.05) is 0 Å². The number of rotatable bonds is 2. The Balaban J connectivity index is 2.60. The van der Waals surface area contributed by atoms with E-state index < -0.39 is 5.97 Å². The number of nitrogens with zero attached hydrogens (tertiary/aromatic N) is 1. The van der Waals surface area contributed by atoms with Gasteiger partial charge >= 0.3 is 5.97 Å². The van der Waals surface area contributed by atoms with Gasteiger partial charge in [0.2, 0.25) is 0 Å². The molecule has 0 saturated carbocycles. The summed E-state index contributed by atoms with van der Waals surface area (Å²) in [6.07, 6.45) is 1.39. The second-order valence-corrected chi connectivity index (χ2v) is 3.54. The van der Waals surface area contributed by atoms with E-state index >= 15 is 0 Å². The molecule has 2 aliphatic carbocycles. The molecule has 0 heterocycles. The molecular weight excluding hydrogens is 214 g/mol. The Kier molecular flexibility index (Phi) is 2.89. The van der Waals surface area contributed by atoms with Crippen LogP contribution in [0.25, 0.3) is 17.2 Å². The van der Waals surface area contributed by atoms with Crippen molar-refractivity contribution in [1.29, 1.82) is 5.26 Å². The molecule has 17 heavy (non-hydrogen) atoms. The van der Waals surface area contributed by atoms with Crippen LogP contribution in [-0.4, -0.2) is 11.1 Å². The lowest BCUT2D eigenvalue weighted by molar-refractivity contribution is -0.132. The van der Waals surface area contributed by atoms with Crippen molar-refractivity contribution < 1.29 is 9.90 Å². The largest absolute Gasteiger partial charge is 0.477 e. The Morgan fingerprint density at radius 3 is 2.59 bits per heavy atom. The third-order valence-corrected chi connectivity index (χ3v) is 2.47. The topological polar surface area (TPSA) is 61.1 Å². The summed E-state index contributed by atoms with van der Waals surface area (Å²) >= 11 is 0. The zero-order valence-corrected chi connectivity index (χ0v) is 8.92. The van der Waals surface area contributed by atoms with Gasteiger partial charge in [0.25, 0.3) is 0 Å². The molecule has 3 heteroatoms. The van der Waals surface area contributed by atoms with E-state index in [1.807, 2.05) is 36.4 Å². The zero-order chi connectivity index (χ0) is 12.3. The van der Waals surface area contributed by atoms with Crippen molar-refractivity contribution in [2.75, 3.05) is 0 Å². The van der Waals surface area contributed by atoms with Gasteiger partial charge in [0.1, 0.15) is 11.6 Å². The maximum atomic E-state index is 10.8. The summed E-state index contributed by atoms with van der Waals surface area (Å²) < 4.78 is 0. The van der Waals surface area contributed by atoms with E-state index in [0.29, 0.717) is 0 Å². The van der Waals surface area contributed by atoms with Crippen molar-refractivity contribution in [2.45, 2.75) is 0 Å². The van der Waals surface area contributed by atoms with Crippen LogP contribution >= 0.6 is 0 Å². The lowest BCUT2D eigenvalue weighted by Crippen LogP contribution is -1.97. The van der Waals surface area contributed by atoms with Crippen molar-refractivity contribution in [3.05, 3.63) is 53.6 Å². The Bertz CT molecular complexity index is 608. The maximum absolute atomic E-state index is 10.8. The van der Waals surface area contributed by atoms with E-state index in [-0.39, 0.29) is 5.57 Å². The minimum atomic E-state index is -1.21. The van der Waals surface area contributed by atoms with E-state index in [1.54, 1.807) is 12.1 Å². The van der Waals surface area contributed by atoms with Gasteiger partial charge in [-0.15, -0.1) is 0 Å². The fraction of sp³-hybridized carbons (Fsp3) is 0. The van der Waals surface area contributed by atoms with Gasteiger partial charge in [-0.05, 0) is 22.8 Å². The molecule has 2 rings (SSSR count). The van der Waals surface area contributed by atoms with Crippen molar-refractivity contribution in [1.82, 2.24) is 0 Å². The molecule has 0 aromatic rings. The highest BCUT2D eigenvalue weighted by molar-refractivity contribution is 5.97. The summed E-state index contributed by atoms with van der Waals surface area (Å²) in [4.78, 5) is 10.8. The summed E-state index contributed by atoms with van der Waals surface area (Å²) in [6.45, 7) is 0. The molecule has 3 nitrogen and oxygen atoms in total. The smallest absolute Gasteiger partial charge is 0.346 e. The van der Waals surface area contributed by atoms with E-state index in [1.165, 1.54) is 6.08 Å². The van der Waals surface area contributed by atoms with Crippen LogP contribution in [0.15, 0.2) is 48.0 Å². The van der Waals surface area contributed by atoms with Crippen LogP contribution in [0.3, 0.4) is 0 Å². The van der Waals surface area contributed by atoms with Crippen LogP contribution in [0.2, 0.25) is 0 Å². The fourth-order valence-electron chi connectivity index (χ4n) is 1.67. The van der Waals surface area contributed by atoms with Crippen LogP contribution in [-0.2, 0) is 4.79 Å². The number of carboxylic acids is 1. The van der Waals surface area contributed by atoms with Gasteiger partial charge in [-0.2, -0.15) is 5.26 Å².